The number of nitrogens with one attached hydrogen (secondary N) is 1. The van der Waals surface area contributed by atoms with Gasteiger partial charge in [-0.05, 0) is 24.0 Å². The number of morpholine rings is 1. The van der Waals surface area contributed by atoms with Crippen molar-refractivity contribution in [1.29, 1.82) is 0 Å². The summed E-state index contributed by atoms with van der Waals surface area (Å²) in [6.07, 6.45) is 4.08. The van der Waals surface area contributed by atoms with E-state index in [0.717, 1.165) is 24.4 Å². The van der Waals surface area contributed by atoms with E-state index in [1.807, 2.05) is 6.07 Å². The smallest absolute Gasteiger partial charge is 0.263 e. The van der Waals surface area contributed by atoms with Gasteiger partial charge in [0.05, 0.1) is 12.2 Å². The first kappa shape index (κ1) is 14.9. The van der Waals surface area contributed by atoms with Crippen molar-refractivity contribution in [2.45, 2.75) is 50.7 Å². The van der Waals surface area contributed by atoms with Gasteiger partial charge in [0.25, 0.3) is 6.43 Å². The van der Waals surface area contributed by atoms with Gasteiger partial charge in [-0.15, -0.1) is 0 Å². The molecular weight excluding hydrogens is 272 g/mol. The highest BCUT2D eigenvalue weighted by Gasteiger charge is 2.27. The lowest BCUT2D eigenvalue weighted by Gasteiger charge is -2.32. The lowest BCUT2D eigenvalue weighted by Crippen LogP contribution is -2.41. The van der Waals surface area contributed by atoms with Gasteiger partial charge in [0.1, 0.15) is 0 Å². The highest BCUT2D eigenvalue weighted by Crippen LogP contribution is 2.32. The molecule has 0 aromatic heterocycles. The van der Waals surface area contributed by atoms with Gasteiger partial charge in [0.15, 0.2) is 0 Å². The molecular formula is C17H23F2NO. The summed E-state index contributed by atoms with van der Waals surface area (Å²) in [5.41, 5.74) is 0.936. The van der Waals surface area contributed by atoms with Crippen LogP contribution in [0.2, 0.25) is 0 Å². The maximum atomic E-state index is 12.8. The van der Waals surface area contributed by atoms with E-state index in [-0.39, 0.29) is 17.8 Å². The topological polar surface area (TPSA) is 21.3 Å². The zero-order valence-electron chi connectivity index (χ0n) is 12.2. The molecule has 1 aliphatic heterocycles. The summed E-state index contributed by atoms with van der Waals surface area (Å²) in [6, 6.07) is 6.63. The highest BCUT2D eigenvalue weighted by molar-refractivity contribution is 5.26. The van der Waals surface area contributed by atoms with Gasteiger partial charge in [-0.1, -0.05) is 43.9 Å². The fraction of sp³-hybridized carbons (Fsp3) is 0.647. The van der Waals surface area contributed by atoms with Crippen LogP contribution in [0.1, 0.15) is 55.8 Å². The van der Waals surface area contributed by atoms with Crippen molar-refractivity contribution in [3.8, 4) is 0 Å². The summed E-state index contributed by atoms with van der Waals surface area (Å²) < 4.78 is 31.8. The Kier molecular flexibility index (Phi) is 4.86. The van der Waals surface area contributed by atoms with E-state index in [1.165, 1.54) is 31.7 Å². The van der Waals surface area contributed by atoms with E-state index >= 15 is 0 Å². The summed E-state index contributed by atoms with van der Waals surface area (Å²) >= 11 is 0. The summed E-state index contributed by atoms with van der Waals surface area (Å²) in [6.45, 7) is 1.58. The van der Waals surface area contributed by atoms with Gasteiger partial charge in [-0.3, -0.25) is 0 Å². The Labute approximate surface area is 124 Å². The standard InChI is InChI=1S/C17H23F2NO/c18-17(19)14-7-3-6-13(9-14)16-11-20-10-15(21-16)8-12-4-1-2-5-12/h3,6-7,9,12,15-17,20H,1-2,4-5,8,10-11H2. The summed E-state index contributed by atoms with van der Waals surface area (Å²) in [5, 5.41) is 3.39. The van der Waals surface area contributed by atoms with Crippen molar-refractivity contribution in [3.05, 3.63) is 35.4 Å². The van der Waals surface area contributed by atoms with Crippen molar-refractivity contribution in [1.82, 2.24) is 5.32 Å². The van der Waals surface area contributed by atoms with Crippen molar-refractivity contribution in [3.63, 3.8) is 0 Å². The minimum Gasteiger partial charge on any atom is -0.368 e. The lowest BCUT2D eigenvalue weighted by molar-refractivity contribution is -0.0490. The Morgan fingerprint density at radius 3 is 2.76 bits per heavy atom. The van der Waals surface area contributed by atoms with Crippen LogP contribution in [-0.2, 0) is 4.74 Å². The Bertz CT molecular complexity index is 460. The Morgan fingerprint density at radius 1 is 1.19 bits per heavy atom. The molecule has 1 aromatic rings. The zero-order valence-corrected chi connectivity index (χ0v) is 12.2. The zero-order chi connectivity index (χ0) is 14.7. The molecule has 0 amide bonds. The van der Waals surface area contributed by atoms with Gasteiger partial charge in [-0.25, -0.2) is 8.78 Å². The number of halogens is 2. The fourth-order valence-electron chi connectivity index (χ4n) is 3.55. The molecule has 2 atom stereocenters. The van der Waals surface area contributed by atoms with E-state index in [1.54, 1.807) is 12.1 Å². The van der Waals surface area contributed by atoms with Crippen molar-refractivity contribution < 1.29 is 13.5 Å². The second-order valence-electron chi connectivity index (χ2n) is 6.26. The molecule has 116 valence electrons. The minimum absolute atomic E-state index is 0.0778. The Morgan fingerprint density at radius 2 is 2.00 bits per heavy atom. The van der Waals surface area contributed by atoms with E-state index < -0.39 is 6.43 Å². The Balaban J connectivity index is 1.63. The minimum atomic E-state index is -2.42. The third-order valence-electron chi connectivity index (χ3n) is 4.66. The highest BCUT2D eigenvalue weighted by atomic mass is 19.3. The molecule has 1 aliphatic carbocycles. The molecule has 0 spiro atoms. The molecule has 2 nitrogen and oxygen atoms in total. The van der Waals surface area contributed by atoms with Crippen LogP contribution in [0.25, 0.3) is 0 Å². The van der Waals surface area contributed by atoms with Crippen LogP contribution in [-0.4, -0.2) is 19.2 Å². The molecule has 1 saturated heterocycles. The number of rotatable bonds is 4. The predicted molar refractivity (Wildman–Crippen MR) is 78.5 cm³/mol. The number of hydrogen-bond acceptors (Lipinski definition) is 2. The van der Waals surface area contributed by atoms with E-state index in [0.29, 0.717) is 6.54 Å². The predicted octanol–water partition coefficient (Wildman–Crippen LogP) is 4.23. The van der Waals surface area contributed by atoms with Crippen LogP contribution in [0, 0.1) is 5.92 Å². The summed E-state index contributed by atoms with van der Waals surface area (Å²) in [5.74, 6) is 0.781. The third kappa shape index (κ3) is 3.80. The molecule has 2 unspecified atom stereocenters. The van der Waals surface area contributed by atoms with Gasteiger partial charge in [0, 0.05) is 18.7 Å². The Hall–Kier alpha value is -1.00. The van der Waals surface area contributed by atoms with E-state index in [2.05, 4.69) is 5.32 Å². The first-order chi connectivity index (χ1) is 10.2. The molecule has 21 heavy (non-hydrogen) atoms. The summed E-state index contributed by atoms with van der Waals surface area (Å²) in [7, 11) is 0. The van der Waals surface area contributed by atoms with Crippen LogP contribution in [0.5, 0.6) is 0 Å². The van der Waals surface area contributed by atoms with Crippen LogP contribution < -0.4 is 5.32 Å². The molecule has 1 aromatic carbocycles. The van der Waals surface area contributed by atoms with E-state index in [9.17, 15) is 8.78 Å². The average Bonchev–Trinajstić information content (AvgIpc) is 3.00. The quantitative estimate of drug-likeness (QED) is 0.897. The summed E-state index contributed by atoms with van der Waals surface area (Å²) in [4.78, 5) is 0. The maximum absolute atomic E-state index is 12.8. The molecule has 0 bridgehead atoms. The largest absolute Gasteiger partial charge is 0.368 e. The van der Waals surface area contributed by atoms with E-state index in [4.69, 9.17) is 4.74 Å². The fourth-order valence-corrected chi connectivity index (χ4v) is 3.55. The van der Waals surface area contributed by atoms with Gasteiger partial charge < -0.3 is 10.1 Å². The average molecular weight is 295 g/mol. The SMILES string of the molecule is FC(F)c1cccc(C2CNCC(CC3CCCC3)O2)c1. The molecule has 0 radical (unpaired) electrons. The maximum Gasteiger partial charge on any atom is 0.263 e. The lowest BCUT2D eigenvalue weighted by atomic mass is 9.98. The van der Waals surface area contributed by atoms with Crippen LogP contribution in [0.4, 0.5) is 8.78 Å². The van der Waals surface area contributed by atoms with Crippen molar-refractivity contribution in [2.24, 2.45) is 5.92 Å². The second-order valence-corrected chi connectivity index (χ2v) is 6.26. The number of benzene rings is 1. The molecule has 1 heterocycles. The second kappa shape index (κ2) is 6.84. The molecule has 2 aliphatic rings. The molecule has 1 saturated carbocycles. The number of hydrogen-bond donors (Lipinski definition) is 1. The number of ether oxygens (including phenoxy) is 1. The van der Waals surface area contributed by atoms with Crippen molar-refractivity contribution >= 4 is 0 Å². The molecule has 2 fully saturated rings. The first-order valence-corrected chi connectivity index (χ1v) is 7.96. The van der Waals surface area contributed by atoms with Gasteiger partial charge >= 0.3 is 0 Å². The molecule has 4 heteroatoms. The van der Waals surface area contributed by atoms with Crippen LogP contribution in [0.15, 0.2) is 24.3 Å². The third-order valence-corrected chi connectivity index (χ3v) is 4.66. The van der Waals surface area contributed by atoms with Crippen LogP contribution in [0.3, 0.4) is 0 Å². The number of alkyl halides is 2. The van der Waals surface area contributed by atoms with Gasteiger partial charge in [0.2, 0.25) is 0 Å². The molecule has 1 N–H and O–H groups in total. The normalized spacial score (nSPS) is 27.4. The van der Waals surface area contributed by atoms with Crippen molar-refractivity contribution in [2.75, 3.05) is 13.1 Å². The first-order valence-electron chi connectivity index (χ1n) is 7.96. The van der Waals surface area contributed by atoms with Gasteiger partial charge in [-0.2, -0.15) is 0 Å². The molecule has 3 rings (SSSR count). The monoisotopic (exact) mass is 295 g/mol. The van der Waals surface area contributed by atoms with Crippen LogP contribution >= 0.6 is 0 Å².